The zero-order valence-electron chi connectivity index (χ0n) is 17.5. The van der Waals surface area contributed by atoms with Gasteiger partial charge in [0.15, 0.2) is 0 Å². The number of para-hydroxylation sites is 1. The van der Waals surface area contributed by atoms with E-state index in [-0.39, 0.29) is 17.6 Å². The number of carbonyl (C=O) groups is 2. The summed E-state index contributed by atoms with van der Waals surface area (Å²) in [6.07, 6.45) is -0.0784. The Hall–Kier alpha value is -3.51. The molecule has 3 aromatic carbocycles. The first-order valence-electron chi connectivity index (χ1n) is 10.7. The highest BCUT2D eigenvalue weighted by Crippen LogP contribution is 2.47. The molecule has 1 N–H and O–H groups in total. The van der Waals surface area contributed by atoms with Crippen LogP contribution in [0.25, 0.3) is 0 Å². The number of amides is 2. The Morgan fingerprint density at radius 2 is 1.72 bits per heavy atom. The monoisotopic (exact) mass is 430 g/mol. The Bertz CT molecular complexity index is 1150. The molecule has 32 heavy (non-hydrogen) atoms. The van der Waals surface area contributed by atoms with Crippen LogP contribution in [-0.2, 0) is 21.5 Å². The van der Waals surface area contributed by atoms with E-state index in [2.05, 4.69) is 5.32 Å². The van der Waals surface area contributed by atoms with E-state index in [4.69, 9.17) is 4.74 Å². The van der Waals surface area contributed by atoms with Crippen LogP contribution < -0.4 is 10.2 Å². The van der Waals surface area contributed by atoms with Gasteiger partial charge in [0, 0.05) is 29.8 Å². The van der Waals surface area contributed by atoms with Gasteiger partial charge in [-0.25, -0.2) is 4.39 Å². The van der Waals surface area contributed by atoms with Crippen molar-refractivity contribution in [3.63, 3.8) is 0 Å². The van der Waals surface area contributed by atoms with E-state index in [1.54, 1.807) is 4.90 Å². The first-order valence-corrected chi connectivity index (χ1v) is 10.7. The van der Waals surface area contributed by atoms with Crippen LogP contribution >= 0.6 is 0 Å². The molecule has 2 aliphatic rings. The number of hydrogen-bond acceptors (Lipinski definition) is 3. The number of nitrogens with zero attached hydrogens (tertiary/aromatic N) is 1. The normalized spacial score (nSPS) is 21.5. The number of rotatable bonds is 4. The Morgan fingerprint density at radius 1 is 1.00 bits per heavy atom. The fourth-order valence-corrected chi connectivity index (χ4v) is 4.66. The van der Waals surface area contributed by atoms with Crippen LogP contribution in [0.15, 0.2) is 78.9 Å². The maximum Gasteiger partial charge on any atom is 0.258 e. The molecule has 1 saturated heterocycles. The zero-order valence-corrected chi connectivity index (χ0v) is 17.5. The van der Waals surface area contributed by atoms with Crippen molar-refractivity contribution in [2.24, 2.45) is 0 Å². The number of anilines is 1. The quantitative estimate of drug-likeness (QED) is 0.685. The molecule has 5 rings (SSSR count). The molecule has 2 aliphatic heterocycles. The third-order valence-corrected chi connectivity index (χ3v) is 6.30. The molecule has 1 fully saturated rings. The highest BCUT2D eigenvalue weighted by Gasteiger charge is 2.51. The lowest BCUT2D eigenvalue weighted by Gasteiger charge is -2.23. The first-order chi connectivity index (χ1) is 15.6. The summed E-state index contributed by atoms with van der Waals surface area (Å²) in [7, 11) is 0. The summed E-state index contributed by atoms with van der Waals surface area (Å²) in [6, 6.07) is 23.0. The van der Waals surface area contributed by atoms with Gasteiger partial charge >= 0.3 is 0 Å². The highest BCUT2D eigenvalue weighted by molar-refractivity contribution is 6.07. The summed E-state index contributed by atoms with van der Waals surface area (Å²) in [5.41, 5.74) is 2.83. The molecule has 0 saturated carbocycles. The summed E-state index contributed by atoms with van der Waals surface area (Å²) < 4.78 is 19.3. The first kappa shape index (κ1) is 20.4. The van der Waals surface area contributed by atoms with Crippen molar-refractivity contribution in [2.75, 3.05) is 18.1 Å². The molecule has 6 heteroatoms. The molecular weight excluding hydrogens is 407 g/mol. The third-order valence-electron chi connectivity index (χ3n) is 6.30. The second-order valence-electron chi connectivity index (χ2n) is 8.40. The number of ether oxygens (including phenoxy) is 1. The lowest BCUT2D eigenvalue weighted by Crippen LogP contribution is -2.39. The standard InChI is InChI=1S/C26H23FN2O3/c27-20-12-10-19(11-13-20)25(31)29-16-26(21-8-4-5-9-22(21)29)14-23(32-17-26)24(30)28-15-18-6-2-1-3-7-18/h1-13,23H,14-17H2,(H,28,30)/t23-,26-/m1/s1. The maximum absolute atomic E-state index is 13.3. The smallest absolute Gasteiger partial charge is 0.258 e. The fourth-order valence-electron chi connectivity index (χ4n) is 4.66. The molecule has 0 radical (unpaired) electrons. The number of hydrogen-bond donors (Lipinski definition) is 1. The molecule has 0 aromatic heterocycles. The molecule has 162 valence electrons. The van der Waals surface area contributed by atoms with Crippen molar-refractivity contribution in [2.45, 2.75) is 24.5 Å². The van der Waals surface area contributed by atoms with Crippen LogP contribution in [0.2, 0.25) is 0 Å². The Morgan fingerprint density at radius 3 is 2.50 bits per heavy atom. The van der Waals surface area contributed by atoms with E-state index in [0.29, 0.717) is 31.7 Å². The molecule has 0 unspecified atom stereocenters. The van der Waals surface area contributed by atoms with Crippen molar-refractivity contribution >= 4 is 17.5 Å². The maximum atomic E-state index is 13.3. The molecule has 2 heterocycles. The molecule has 2 amide bonds. The molecular formula is C26H23FN2O3. The summed E-state index contributed by atoms with van der Waals surface area (Å²) in [5, 5.41) is 2.96. The Kier molecular flexibility index (Phi) is 5.23. The van der Waals surface area contributed by atoms with Gasteiger partial charge in [-0.05, 0) is 47.9 Å². The number of benzene rings is 3. The topological polar surface area (TPSA) is 58.6 Å². The zero-order chi connectivity index (χ0) is 22.1. The predicted octanol–water partition coefficient (Wildman–Crippen LogP) is 3.83. The minimum atomic E-state index is -0.576. The lowest BCUT2D eigenvalue weighted by molar-refractivity contribution is -0.130. The van der Waals surface area contributed by atoms with E-state index in [9.17, 15) is 14.0 Å². The van der Waals surface area contributed by atoms with Crippen molar-refractivity contribution in [3.05, 3.63) is 101 Å². The average Bonchev–Trinajstić information content (AvgIpc) is 3.41. The highest BCUT2D eigenvalue weighted by atomic mass is 19.1. The van der Waals surface area contributed by atoms with Crippen LogP contribution in [0.1, 0.15) is 27.9 Å². The van der Waals surface area contributed by atoms with Gasteiger partial charge in [-0.1, -0.05) is 48.5 Å². The SMILES string of the molecule is O=C(NCc1ccccc1)[C@H]1C[C@]2(CO1)CN(C(=O)c1ccc(F)cc1)c1ccccc12. The number of carbonyl (C=O) groups excluding carboxylic acids is 2. The van der Waals surface area contributed by atoms with E-state index in [0.717, 1.165) is 16.8 Å². The minimum Gasteiger partial charge on any atom is -0.367 e. The number of halogens is 1. The second kappa shape index (κ2) is 8.20. The van der Waals surface area contributed by atoms with Gasteiger partial charge in [0.05, 0.1) is 6.61 Å². The summed E-state index contributed by atoms with van der Waals surface area (Å²) in [6.45, 7) is 1.23. The summed E-state index contributed by atoms with van der Waals surface area (Å²) in [4.78, 5) is 27.7. The van der Waals surface area contributed by atoms with Gasteiger partial charge in [0.25, 0.3) is 5.91 Å². The molecule has 5 nitrogen and oxygen atoms in total. The van der Waals surface area contributed by atoms with E-state index in [1.807, 2.05) is 54.6 Å². The lowest BCUT2D eigenvalue weighted by atomic mass is 9.80. The molecule has 2 atom stereocenters. The predicted molar refractivity (Wildman–Crippen MR) is 119 cm³/mol. The molecule has 3 aromatic rings. The largest absolute Gasteiger partial charge is 0.367 e. The average molecular weight is 430 g/mol. The Balaban J connectivity index is 1.34. The van der Waals surface area contributed by atoms with Gasteiger partial charge in [0.2, 0.25) is 5.91 Å². The molecule has 1 spiro atoms. The molecule has 0 bridgehead atoms. The minimum absolute atomic E-state index is 0.147. The summed E-state index contributed by atoms with van der Waals surface area (Å²) >= 11 is 0. The number of nitrogens with one attached hydrogen (secondary N) is 1. The molecule has 0 aliphatic carbocycles. The van der Waals surface area contributed by atoms with Crippen LogP contribution in [0, 0.1) is 5.82 Å². The van der Waals surface area contributed by atoms with E-state index >= 15 is 0 Å². The van der Waals surface area contributed by atoms with Crippen molar-refractivity contribution in [3.8, 4) is 0 Å². The van der Waals surface area contributed by atoms with E-state index in [1.165, 1.54) is 24.3 Å². The van der Waals surface area contributed by atoms with Crippen LogP contribution in [-0.4, -0.2) is 31.1 Å². The third kappa shape index (κ3) is 3.67. The number of fused-ring (bicyclic) bond motifs is 2. The fraction of sp³-hybridized carbons (Fsp3) is 0.231. The second-order valence-corrected chi connectivity index (χ2v) is 8.40. The van der Waals surface area contributed by atoms with Gasteiger partial charge in [-0.15, -0.1) is 0 Å². The van der Waals surface area contributed by atoms with Crippen molar-refractivity contribution < 1.29 is 18.7 Å². The van der Waals surface area contributed by atoms with Gasteiger partial charge in [0.1, 0.15) is 11.9 Å². The van der Waals surface area contributed by atoms with Crippen LogP contribution in [0.5, 0.6) is 0 Å². The van der Waals surface area contributed by atoms with Gasteiger partial charge in [-0.3, -0.25) is 9.59 Å². The Labute approximate surface area is 185 Å². The van der Waals surface area contributed by atoms with Crippen molar-refractivity contribution in [1.82, 2.24) is 5.32 Å². The summed E-state index contributed by atoms with van der Waals surface area (Å²) in [5.74, 6) is -0.716. The van der Waals surface area contributed by atoms with Crippen LogP contribution in [0.3, 0.4) is 0 Å². The van der Waals surface area contributed by atoms with Gasteiger partial charge < -0.3 is 15.0 Å². The van der Waals surface area contributed by atoms with Crippen LogP contribution in [0.4, 0.5) is 10.1 Å². The van der Waals surface area contributed by atoms with E-state index < -0.39 is 11.5 Å². The van der Waals surface area contributed by atoms with Gasteiger partial charge in [-0.2, -0.15) is 0 Å². The van der Waals surface area contributed by atoms with Crippen molar-refractivity contribution in [1.29, 1.82) is 0 Å².